The highest BCUT2D eigenvalue weighted by atomic mass is 32.1. The van der Waals surface area contributed by atoms with E-state index in [1.165, 1.54) is 11.3 Å². The first-order valence-corrected chi connectivity index (χ1v) is 8.59. The summed E-state index contributed by atoms with van der Waals surface area (Å²) in [6.45, 7) is 6.62. The average molecular weight is 349 g/mol. The predicted molar refractivity (Wildman–Crippen MR) is 90.2 cm³/mol. The zero-order valence-electron chi connectivity index (χ0n) is 13.6. The van der Waals surface area contributed by atoms with Crippen LogP contribution in [-0.2, 0) is 6.67 Å². The van der Waals surface area contributed by atoms with Crippen molar-refractivity contribution in [2.24, 2.45) is 0 Å². The molecule has 0 spiro atoms. The summed E-state index contributed by atoms with van der Waals surface area (Å²) in [6.07, 6.45) is 0. The number of hydrogen-bond acceptors (Lipinski definition) is 6. The van der Waals surface area contributed by atoms with E-state index < -0.39 is 0 Å². The number of carbonyl (C=O) groups excluding carboxylic acids is 1. The zero-order valence-corrected chi connectivity index (χ0v) is 14.5. The van der Waals surface area contributed by atoms with Crippen molar-refractivity contribution in [3.8, 4) is 0 Å². The molecule has 1 aliphatic heterocycles. The van der Waals surface area contributed by atoms with Gasteiger partial charge in [-0.1, -0.05) is 6.07 Å². The smallest absolute Gasteiger partial charge is 0.312 e. The lowest BCUT2D eigenvalue weighted by atomic mass is 10.3. The molecule has 128 valence electrons. The number of nitro groups is 1. The van der Waals surface area contributed by atoms with Gasteiger partial charge in [-0.05, 0) is 25.3 Å². The highest BCUT2D eigenvalue weighted by molar-refractivity contribution is 7.12. The van der Waals surface area contributed by atoms with E-state index in [1.54, 1.807) is 18.5 Å². The van der Waals surface area contributed by atoms with Gasteiger partial charge in [0, 0.05) is 26.2 Å². The predicted octanol–water partition coefficient (Wildman–Crippen LogP) is 1.89. The Morgan fingerprint density at radius 3 is 2.58 bits per heavy atom. The number of carbonyl (C=O) groups is 1. The third-order valence-corrected chi connectivity index (χ3v) is 5.11. The van der Waals surface area contributed by atoms with Crippen LogP contribution in [0.4, 0.5) is 5.69 Å². The largest absolute Gasteiger partial charge is 0.335 e. The Labute approximate surface area is 143 Å². The molecule has 24 heavy (non-hydrogen) atoms. The molecule has 2 aromatic rings. The molecule has 0 N–H and O–H groups in total. The van der Waals surface area contributed by atoms with Crippen molar-refractivity contribution in [1.82, 2.24) is 19.6 Å². The monoisotopic (exact) mass is 349 g/mol. The minimum Gasteiger partial charge on any atom is -0.335 e. The third-order valence-electron chi connectivity index (χ3n) is 4.25. The Bertz CT molecular complexity index is 748. The second kappa shape index (κ2) is 6.70. The summed E-state index contributed by atoms with van der Waals surface area (Å²) >= 11 is 1.45. The van der Waals surface area contributed by atoms with Gasteiger partial charge >= 0.3 is 5.69 Å². The van der Waals surface area contributed by atoms with E-state index in [-0.39, 0.29) is 16.5 Å². The van der Waals surface area contributed by atoms with E-state index in [0.717, 1.165) is 18.0 Å². The number of aryl methyl sites for hydroxylation is 1. The summed E-state index contributed by atoms with van der Waals surface area (Å²) in [6, 6.07) is 3.72. The summed E-state index contributed by atoms with van der Waals surface area (Å²) in [5.41, 5.74) is 1.08. The second-order valence-electron chi connectivity index (χ2n) is 5.81. The first-order chi connectivity index (χ1) is 11.5. The van der Waals surface area contributed by atoms with Crippen LogP contribution in [0.5, 0.6) is 0 Å². The third kappa shape index (κ3) is 3.17. The first kappa shape index (κ1) is 16.6. The first-order valence-electron chi connectivity index (χ1n) is 7.71. The van der Waals surface area contributed by atoms with E-state index >= 15 is 0 Å². The van der Waals surface area contributed by atoms with Gasteiger partial charge in [-0.2, -0.15) is 5.10 Å². The molecule has 3 heterocycles. The fraction of sp³-hybridized carbons (Fsp3) is 0.467. The van der Waals surface area contributed by atoms with Gasteiger partial charge in [-0.15, -0.1) is 11.3 Å². The fourth-order valence-corrected chi connectivity index (χ4v) is 3.62. The van der Waals surface area contributed by atoms with Crippen LogP contribution in [0.1, 0.15) is 21.1 Å². The number of nitrogens with zero attached hydrogens (tertiary/aromatic N) is 5. The fourth-order valence-electron chi connectivity index (χ4n) is 2.93. The Morgan fingerprint density at radius 2 is 2.04 bits per heavy atom. The van der Waals surface area contributed by atoms with Gasteiger partial charge in [0.05, 0.1) is 16.5 Å². The highest BCUT2D eigenvalue weighted by Gasteiger charge is 2.26. The molecule has 9 heteroatoms. The maximum Gasteiger partial charge on any atom is 0.312 e. The Hall–Kier alpha value is -2.26. The quantitative estimate of drug-likeness (QED) is 0.621. The van der Waals surface area contributed by atoms with Gasteiger partial charge in [-0.25, -0.2) is 4.68 Å². The van der Waals surface area contributed by atoms with Crippen LogP contribution in [0.15, 0.2) is 17.5 Å². The van der Waals surface area contributed by atoms with Gasteiger partial charge in [0.15, 0.2) is 0 Å². The van der Waals surface area contributed by atoms with Crippen LogP contribution in [-0.4, -0.2) is 56.6 Å². The van der Waals surface area contributed by atoms with Crippen LogP contribution in [0, 0.1) is 24.0 Å². The lowest BCUT2D eigenvalue weighted by Gasteiger charge is -2.34. The molecule has 0 aliphatic carbocycles. The summed E-state index contributed by atoms with van der Waals surface area (Å²) in [5.74, 6) is 0.0754. The molecule has 1 amide bonds. The Balaban J connectivity index is 1.61. The summed E-state index contributed by atoms with van der Waals surface area (Å²) < 4.78 is 1.67. The van der Waals surface area contributed by atoms with Crippen molar-refractivity contribution in [2.75, 3.05) is 26.2 Å². The molecule has 8 nitrogen and oxygen atoms in total. The van der Waals surface area contributed by atoms with Crippen molar-refractivity contribution in [3.63, 3.8) is 0 Å². The molecule has 2 aromatic heterocycles. The van der Waals surface area contributed by atoms with Crippen LogP contribution in [0.2, 0.25) is 0 Å². The van der Waals surface area contributed by atoms with E-state index in [0.29, 0.717) is 31.1 Å². The number of rotatable bonds is 4. The van der Waals surface area contributed by atoms with Gasteiger partial charge in [0.2, 0.25) is 0 Å². The van der Waals surface area contributed by atoms with Gasteiger partial charge in [0.1, 0.15) is 11.4 Å². The van der Waals surface area contributed by atoms with Gasteiger partial charge in [-0.3, -0.25) is 19.8 Å². The molecule has 0 atom stereocenters. The van der Waals surface area contributed by atoms with Crippen LogP contribution in [0.3, 0.4) is 0 Å². The maximum atomic E-state index is 12.3. The van der Waals surface area contributed by atoms with Crippen molar-refractivity contribution in [1.29, 1.82) is 0 Å². The number of aromatic nitrogens is 2. The van der Waals surface area contributed by atoms with E-state index in [4.69, 9.17) is 0 Å². The molecule has 1 saturated heterocycles. The number of amides is 1. The number of thiophene rings is 1. The summed E-state index contributed by atoms with van der Waals surface area (Å²) in [4.78, 5) is 27.8. The minimum atomic E-state index is -0.383. The molecular formula is C15H19N5O3S. The van der Waals surface area contributed by atoms with Crippen molar-refractivity contribution in [2.45, 2.75) is 20.5 Å². The topological polar surface area (TPSA) is 84.5 Å². The van der Waals surface area contributed by atoms with E-state index in [9.17, 15) is 14.9 Å². The Kier molecular flexibility index (Phi) is 4.63. The SMILES string of the molecule is Cc1nn(CN2CCN(C(=O)c3cccs3)CC2)c(C)c1[N+](=O)[O-]. The Morgan fingerprint density at radius 1 is 1.33 bits per heavy atom. The van der Waals surface area contributed by atoms with Gasteiger partial charge in [0.25, 0.3) is 5.91 Å². The lowest BCUT2D eigenvalue weighted by Crippen LogP contribution is -2.49. The maximum absolute atomic E-state index is 12.3. The molecule has 0 saturated carbocycles. The summed E-state index contributed by atoms with van der Waals surface area (Å²) in [5, 5.41) is 17.3. The molecular weight excluding hydrogens is 330 g/mol. The highest BCUT2D eigenvalue weighted by Crippen LogP contribution is 2.22. The van der Waals surface area contributed by atoms with Crippen LogP contribution in [0.25, 0.3) is 0 Å². The van der Waals surface area contributed by atoms with Crippen molar-refractivity contribution >= 4 is 22.9 Å². The van der Waals surface area contributed by atoms with E-state index in [1.807, 2.05) is 22.4 Å². The normalized spacial score (nSPS) is 15.7. The van der Waals surface area contributed by atoms with Crippen molar-refractivity contribution in [3.05, 3.63) is 43.9 Å². The standard InChI is InChI=1S/C15H19N5O3S/c1-11-14(20(22)23)12(2)19(16-11)10-17-5-7-18(8-6-17)15(21)13-4-3-9-24-13/h3-4,9H,5-8,10H2,1-2H3. The average Bonchev–Trinajstić information content (AvgIpc) is 3.16. The summed E-state index contributed by atoms with van der Waals surface area (Å²) in [7, 11) is 0. The minimum absolute atomic E-state index is 0.0754. The molecule has 1 fully saturated rings. The zero-order chi connectivity index (χ0) is 17.3. The lowest BCUT2D eigenvalue weighted by molar-refractivity contribution is -0.386. The van der Waals surface area contributed by atoms with Gasteiger partial charge < -0.3 is 4.90 Å². The number of hydrogen-bond donors (Lipinski definition) is 0. The second-order valence-corrected chi connectivity index (χ2v) is 6.75. The molecule has 1 aliphatic rings. The number of piperazine rings is 1. The molecule has 3 rings (SSSR count). The van der Waals surface area contributed by atoms with Crippen LogP contribution < -0.4 is 0 Å². The molecule has 0 bridgehead atoms. The van der Waals surface area contributed by atoms with Crippen LogP contribution >= 0.6 is 11.3 Å². The van der Waals surface area contributed by atoms with E-state index in [2.05, 4.69) is 10.00 Å². The molecule has 0 unspecified atom stereocenters. The van der Waals surface area contributed by atoms with Crippen molar-refractivity contribution < 1.29 is 9.72 Å². The molecule has 0 aromatic carbocycles. The molecule has 0 radical (unpaired) electrons.